The maximum atomic E-state index is 14.1. The Hall–Kier alpha value is -4.91. The molecule has 1 aromatic carbocycles. The Morgan fingerprint density at radius 2 is 1.85 bits per heavy atom. The molecule has 244 valence electrons. The van der Waals surface area contributed by atoms with Gasteiger partial charge in [0.15, 0.2) is 0 Å². The van der Waals surface area contributed by atoms with E-state index in [2.05, 4.69) is 25.6 Å². The first kappa shape index (κ1) is 32.0. The van der Waals surface area contributed by atoms with Crippen LogP contribution < -0.4 is 5.32 Å². The number of rotatable bonds is 8. The van der Waals surface area contributed by atoms with Crippen LogP contribution in [0.5, 0.6) is 0 Å². The molecule has 6 rings (SSSR count). The molecule has 1 N–H and O–H groups in total. The number of amides is 2. The lowest BCUT2D eigenvalue weighted by Crippen LogP contribution is -2.47. The lowest BCUT2D eigenvalue weighted by molar-refractivity contribution is 0.0443. The number of nitrogens with one attached hydrogen (secondary N) is 1. The number of likely N-dealkylation sites (tertiary alicyclic amines) is 1. The Morgan fingerprint density at radius 3 is 2.53 bits per heavy atom. The van der Waals surface area contributed by atoms with Crippen LogP contribution in [0.2, 0.25) is 0 Å². The van der Waals surface area contributed by atoms with Gasteiger partial charge in [0.1, 0.15) is 21.8 Å². The fourth-order valence-corrected chi connectivity index (χ4v) is 6.62. The first-order valence-electron chi connectivity index (χ1n) is 15.5. The van der Waals surface area contributed by atoms with Crippen molar-refractivity contribution in [3.05, 3.63) is 88.0 Å². The van der Waals surface area contributed by atoms with Crippen molar-refractivity contribution in [2.24, 2.45) is 7.05 Å². The van der Waals surface area contributed by atoms with Gasteiger partial charge < -0.3 is 19.4 Å². The van der Waals surface area contributed by atoms with Gasteiger partial charge in [-0.25, -0.2) is 14.8 Å². The summed E-state index contributed by atoms with van der Waals surface area (Å²) in [7, 11) is 1.82. The van der Waals surface area contributed by atoms with Gasteiger partial charge in [-0.3, -0.25) is 9.48 Å². The van der Waals surface area contributed by atoms with Gasteiger partial charge in [0.2, 0.25) is 5.89 Å². The molecule has 0 unspecified atom stereocenters. The van der Waals surface area contributed by atoms with Crippen molar-refractivity contribution < 1.29 is 18.7 Å². The summed E-state index contributed by atoms with van der Waals surface area (Å²) in [5.41, 5.74) is 2.11. The lowest BCUT2D eigenvalue weighted by Gasteiger charge is -2.29. The highest BCUT2D eigenvalue weighted by Gasteiger charge is 2.37. The molecule has 2 amide bonds. The molecule has 0 aliphatic carbocycles. The van der Waals surface area contributed by atoms with Gasteiger partial charge in [0.05, 0.1) is 17.9 Å². The highest BCUT2D eigenvalue weighted by molar-refractivity contribution is 7.09. The summed E-state index contributed by atoms with van der Waals surface area (Å²) >= 11 is 1.58. The second-order valence-electron chi connectivity index (χ2n) is 13.0. The standard InChI is InChI=1S/C34H38N8O4S/c1-21-20-47-29(36-21)27-13-10-14-42(27)30(43)23-15-25(24-18-35-41(6)19-24)37-26(16-23)28-39-40-31(45-28)34(5,17-22-11-8-7-9-12-22)38-32(44)46-33(2,3)4/h7-9,11-12,15-16,18-20,27H,10,13-14,17H2,1-6H3,(H,38,44)/t27-,34-/m1/s1. The van der Waals surface area contributed by atoms with Gasteiger partial charge in [0.25, 0.3) is 11.8 Å². The summed E-state index contributed by atoms with van der Waals surface area (Å²) in [5.74, 6) is 0.149. The molecule has 0 bridgehead atoms. The molecule has 2 atom stereocenters. The summed E-state index contributed by atoms with van der Waals surface area (Å²) in [4.78, 5) is 38.5. The molecule has 1 fully saturated rings. The highest BCUT2D eigenvalue weighted by Crippen LogP contribution is 2.36. The molecule has 1 aliphatic rings. The average Bonchev–Trinajstić information content (AvgIpc) is 3.83. The number of carbonyl (C=O) groups excluding carboxylic acids is 2. The number of thiazole rings is 1. The minimum atomic E-state index is -1.12. The number of ether oxygens (including phenoxy) is 1. The third-order valence-corrected chi connectivity index (χ3v) is 8.87. The van der Waals surface area contributed by atoms with Crippen molar-refractivity contribution in [1.82, 2.24) is 40.2 Å². The van der Waals surface area contributed by atoms with Gasteiger partial charge in [0, 0.05) is 48.4 Å². The van der Waals surface area contributed by atoms with E-state index in [0.29, 0.717) is 29.9 Å². The highest BCUT2D eigenvalue weighted by atomic mass is 32.1. The largest absolute Gasteiger partial charge is 0.444 e. The van der Waals surface area contributed by atoms with Crippen LogP contribution in [0.4, 0.5) is 4.79 Å². The summed E-state index contributed by atoms with van der Waals surface area (Å²) < 4.78 is 13.5. The molecule has 0 spiro atoms. The van der Waals surface area contributed by atoms with Crippen LogP contribution in [-0.2, 0) is 23.7 Å². The third-order valence-electron chi connectivity index (χ3n) is 7.80. The minimum absolute atomic E-state index is 0.0905. The second kappa shape index (κ2) is 12.7. The summed E-state index contributed by atoms with van der Waals surface area (Å²) in [6.07, 6.45) is 5.00. The summed E-state index contributed by atoms with van der Waals surface area (Å²) in [5, 5.41) is 18.9. The number of carbonyl (C=O) groups is 2. The lowest BCUT2D eigenvalue weighted by atomic mass is 9.92. The van der Waals surface area contributed by atoms with Crippen LogP contribution in [0.25, 0.3) is 22.8 Å². The van der Waals surface area contributed by atoms with Gasteiger partial charge >= 0.3 is 6.09 Å². The predicted octanol–water partition coefficient (Wildman–Crippen LogP) is 6.26. The van der Waals surface area contributed by atoms with Gasteiger partial charge in [-0.1, -0.05) is 30.3 Å². The zero-order valence-corrected chi connectivity index (χ0v) is 28.2. The zero-order chi connectivity index (χ0) is 33.3. The van der Waals surface area contributed by atoms with Crippen LogP contribution in [0.1, 0.15) is 79.1 Å². The van der Waals surface area contributed by atoms with Crippen molar-refractivity contribution in [2.75, 3.05) is 6.54 Å². The molecular weight excluding hydrogens is 616 g/mol. The van der Waals surface area contributed by atoms with E-state index in [-0.39, 0.29) is 23.7 Å². The molecule has 4 aromatic heterocycles. The van der Waals surface area contributed by atoms with E-state index in [0.717, 1.165) is 34.7 Å². The molecule has 0 radical (unpaired) electrons. The van der Waals surface area contributed by atoms with Crippen molar-refractivity contribution in [3.8, 4) is 22.8 Å². The molecule has 5 aromatic rings. The number of aryl methyl sites for hydroxylation is 2. The molecule has 13 heteroatoms. The van der Waals surface area contributed by atoms with Gasteiger partial charge in [-0.05, 0) is 65.2 Å². The molecule has 0 saturated carbocycles. The average molecular weight is 655 g/mol. The molecule has 47 heavy (non-hydrogen) atoms. The number of nitrogens with zero attached hydrogens (tertiary/aromatic N) is 7. The molecular formula is C34H38N8O4S. The Kier molecular flexibility index (Phi) is 8.66. The maximum absolute atomic E-state index is 14.1. The fourth-order valence-electron chi connectivity index (χ4n) is 5.68. The van der Waals surface area contributed by atoms with Crippen molar-refractivity contribution in [2.45, 2.75) is 71.1 Å². The quantitative estimate of drug-likeness (QED) is 0.205. The zero-order valence-electron chi connectivity index (χ0n) is 27.4. The number of hydrogen-bond acceptors (Lipinski definition) is 10. The van der Waals surface area contributed by atoms with Crippen molar-refractivity contribution >= 4 is 23.3 Å². The first-order valence-corrected chi connectivity index (χ1v) is 16.4. The van der Waals surface area contributed by atoms with E-state index in [1.165, 1.54) is 0 Å². The normalized spacial score (nSPS) is 16.2. The first-order chi connectivity index (χ1) is 22.4. The summed E-state index contributed by atoms with van der Waals surface area (Å²) in [6, 6.07) is 13.1. The molecule has 5 heterocycles. The van der Waals surface area contributed by atoms with Crippen LogP contribution in [0, 0.1) is 6.92 Å². The fraction of sp³-hybridized carbons (Fsp3) is 0.382. The van der Waals surface area contributed by atoms with Crippen molar-refractivity contribution in [3.63, 3.8) is 0 Å². The Labute approximate surface area is 277 Å². The number of benzene rings is 1. The molecule has 12 nitrogen and oxygen atoms in total. The monoisotopic (exact) mass is 654 g/mol. The minimum Gasteiger partial charge on any atom is -0.444 e. The maximum Gasteiger partial charge on any atom is 0.408 e. The van der Waals surface area contributed by atoms with Crippen LogP contribution in [0.15, 0.2) is 64.7 Å². The molecule has 1 aliphatic heterocycles. The number of aromatic nitrogens is 6. The van der Waals surface area contributed by atoms with Crippen molar-refractivity contribution in [1.29, 1.82) is 0 Å². The van der Waals surface area contributed by atoms with E-state index in [1.807, 2.05) is 67.7 Å². The summed E-state index contributed by atoms with van der Waals surface area (Å²) in [6.45, 7) is 9.80. The van der Waals surface area contributed by atoms with Gasteiger partial charge in [-0.15, -0.1) is 21.5 Å². The number of pyridine rings is 1. The Balaban J connectivity index is 1.38. The van der Waals surface area contributed by atoms with E-state index in [1.54, 1.807) is 55.1 Å². The van der Waals surface area contributed by atoms with E-state index >= 15 is 0 Å². The van der Waals surface area contributed by atoms with Gasteiger partial charge in [-0.2, -0.15) is 5.10 Å². The van der Waals surface area contributed by atoms with Crippen LogP contribution in [-0.4, -0.2) is 59.0 Å². The predicted molar refractivity (Wildman–Crippen MR) is 176 cm³/mol. The number of alkyl carbamates (subject to hydrolysis) is 1. The van der Waals surface area contributed by atoms with E-state index in [9.17, 15) is 9.59 Å². The third kappa shape index (κ3) is 7.25. The second-order valence-corrected chi connectivity index (χ2v) is 13.9. The van der Waals surface area contributed by atoms with E-state index < -0.39 is 17.2 Å². The molecule has 1 saturated heterocycles. The Morgan fingerprint density at radius 1 is 1.09 bits per heavy atom. The number of hydrogen-bond donors (Lipinski definition) is 1. The van der Waals surface area contributed by atoms with Crippen LogP contribution in [0.3, 0.4) is 0 Å². The Bertz CT molecular complexity index is 1890. The topological polar surface area (TPSA) is 141 Å². The van der Waals surface area contributed by atoms with Crippen LogP contribution >= 0.6 is 11.3 Å². The van der Waals surface area contributed by atoms with E-state index in [4.69, 9.17) is 14.1 Å². The smallest absolute Gasteiger partial charge is 0.408 e. The SMILES string of the molecule is Cc1csc([C@H]2CCCN2C(=O)c2cc(-c3cnn(C)c3)nc(-c3nnc([C@@](C)(Cc4ccccc4)NC(=O)OC(C)(C)C)o3)c2)n1.